The van der Waals surface area contributed by atoms with Crippen molar-refractivity contribution in [3.63, 3.8) is 0 Å². The zero-order valence-electron chi connectivity index (χ0n) is 15.8. The minimum atomic E-state index is 0.175. The van der Waals surface area contributed by atoms with E-state index in [1.807, 2.05) is 6.07 Å². The first-order chi connectivity index (χ1) is 14.2. The number of nitrogens with zero attached hydrogens (tertiary/aromatic N) is 4. The van der Waals surface area contributed by atoms with Gasteiger partial charge in [-0.05, 0) is 55.0 Å². The lowest BCUT2D eigenvalue weighted by Crippen LogP contribution is -2.40. The van der Waals surface area contributed by atoms with Crippen LogP contribution >= 0.6 is 23.4 Å². The van der Waals surface area contributed by atoms with E-state index in [0.717, 1.165) is 43.1 Å². The molecule has 5 rings (SSSR count). The lowest BCUT2D eigenvalue weighted by Gasteiger charge is -2.38. The van der Waals surface area contributed by atoms with Crippen molar-refractivity contribution >= 4 is 29.2 Å². The zero-order chi connectivity index (χ0) is 19.8. The summed E-state index contributed by atoms with van der Waals surface area (Å²) >= 11 is 7.64. The van der Waals surface area contributed by atoms with Gasteiger partial charge in [0.15, 0.2) is 5.82 Å². The zero-order valence-corrected chi connectivity index (χ0v) is 17.4. The second-order valence-corrected chi connectivity index (χ2v) is 9.13. The monoisotopic (exact) mass is 424 g/mol. The third kappa shape index (κ3) is 3.37. The second-order valence-electron chi connectivity index (χ2n) is 7.69. The third-order valence-corrected chi connectivity index (χ3v) is 7.50. The molecular formula is C21H21ClN6S. The van der Waals surface area contributed by atoms with Gasteiger partial charge in [0, 0.05) is 11.1 Å². The highest BCUT2D eigenvalue weighted by Gasteiger charge is 2.48. The molecule has 0 amide bonds. The predicted octanol–water partition coefficient (Wildman–Crippen LogP) is 3.71. The maximum Gasteiger partial charge on any atom is 0.158 e. The number of fused-ring (bicyclic) bond motifs is 1. The molecule has 1 aliphatic carbocycles. The molecule has 1 saturated heterocycles. The molecule has 6 nitrogen and oxygen atoms in total. The van der Waals surface area contributed by atoms with Crippen molar-refractivity contribution in [1.29, 1.82) is 0 Å². The fraction of sp³-hybridized carbons (Fsp3) is 0.333. The number of aromatic nitrogens is 4. The average Bonchev–Trinajstić information content (AvgIpc) is 3.05. The van der Waals surface area contributed by atoms with Crippen LogP contribution in [0.25, 0.3) is 0 Å². The van der Waals surface area contributed by atoms with E-state index in [4.69, 9.17) is 22.3 Å². The van der Waals surface area contributed by atoms with Gasteiger partial charge in [-0.1, -0.05) is 47.6 Å². The summed E-state index contributed by atoms with van der Waals surface area (Å²) in [5.74, 6) is 1.30. The van der Waals surface area contributed by atoms with Gasteiger partial charge in [0.25, 0.3) is 0 Å². The van der Waals surface area contributed by atoms with Crippen LogP contribution in [0, 0.1) is 5.41 Å². The Morgan fingerprint density at radius 1 is 1.10 bits per heavy atom. The van der Waals surface area contributed by atoms with Gasteiger partial charge in [0.1, 0.15) is 10.8 Å². The van der Waals surface area contributed by atoms with Crippen LogP contribution in [0.3, 0.4) is 0 Å². The van der Waals surface area contributed by atoms with Crippen molar-refractivity contribution < 1.29 is 0 Å². The molecular weight excluding hydrogens is 404 g/mol. The van der Waals surface area contributed by atoms with E-state index in [-0.39, 0.29) is 11.3 Å². The molecule has 2 aliphatic rings. The smallest absolute Gasteiger partial charge is 0.158 e. The van der Waals surface area contributed by atoms with Crippen LogP contribution in [0.2, 0.25) is 5.02 Å². The fourth-order valence-corrected chi connectivity index (χ4v) is 5.64. The van der Waals surface area contributed by atoms with Gasteiger partial charge < -0.3 is 11.1 Å². The third-order valence-electron chi connectivity index (χ3n) is 6.03. The number of halogens is 1. The van der Waals surface area contributed by atoms with Gasteiger partial charge in [-0.25, -0.2) is 9.97 Å². The number of rotatable bonds is 3. The topological polar surface area (TPSA) is 89.6 Å². The Balaban J connectivity index is 1.47. The molecule has 2 aromatic heterocycles. The quantitative estimate of drug-likeness (QED) is 0.662. The number of nitrogen functional groups attached to an aromatic ring is 1. The minimum absolute atomic E-state index is 0.175. The molecule has 0 saturated carbocycles. The lowest BCUT2D eigenvalue weighted by atomic mass is 9.69. The van der Waals surface area contributed by atoms with Gasteiger partial charge in [0.2, 0.25) is 0 Å². The molecule has 1 aliphatic heterocycles. The molecule has 1 fully saturated rings. The SMILES string of the molecule is Nc1nccc(Sc2cnc([C@@H]3c4ccccc4CC34CCNCC4)nn2)c1Cl. The van der Waals surface area contributed by atoms with E-state index in [2.05, 4.69) is 44.8 Å². The van der Waals surface area contributed by atoms with Crippen molar-refractivity contribution in [3.05, 3.63) is 64.7 Å². The summed E-state index contributed by atoms with van der Waals surface area (Å²) in [5, 5.41) is 13.6. The lowest BCUT2D eigenvalue weighted by molar-refractivity contribution is 0.184. The highest BCUT2D eigenvalue weighted by molar-refractivity contribution is 7.99. The Morgan fingerprint density at radius 2 is 1.93 bits per heavy atom. The number of pyridine rings is 1. The number of hydrogen-bond acceptors (Lipinski definition) is 7. The van der Waals surface area contributed by atoms with E-state index in [0.29, 0.717) is 15.9 Å². The van der Waals surface area contributed by atoms with Crippen LogP contribution in [0.1, 0.15) is 35.7 Å². The summed E-state index contributed by atoms with van der Waals surface area (Å²) in [6, 6.07) is 10.5. The Morgan fingerprint density at radius 3 is 2.72 bits per heavy atom. The van der Waals surface area contributed by atoms with Gasteiger partial charge in [-0.15, -0.1) is 10.2 Å². The van der Waals surface area contributed by atoms with Gasteiger partial charge >= 0.3 is 0 Å². The van der Waals surface area contributed by atoms with Crippen molar-refractivity contribution in [2.24, 2.45) is 5.41 Å². The first kappa shape index (κ1) is 18.8. The highest BCUT2D eigenvalue weighted by atomic mass is 35.5. The van der Waals surface area contributed by atoms with E-state index >= 15 is 0 Å². The number of anilines is 1. The summed E-state index contributed by atoms with van der Waals surface area (Å²) in [6.45, 7) is 2.07. The predicted molar refractivity (Wildman–Crippen MR) is 114 cm³/mol. The van der Waals surface area contributed by atoms with Crippen molar-refractivity contribution in [2.45, 2.75) is 35.1 Å². The van der Waals surface area contributed by atoms with Crippen LogP contribution in [0.4, 0.5) is 5.82 Å². The molecule has 29 heavy (non-hydrogen) atoms. The van der Waals surface area contributed by atoms with Crippen LogP contribution in [-0.2, 0) is 6.42 Å². The maximum absolute atomic E-state index is 6.25. The van der Waals surface area contributed by atoms with E-state index < -0.39 is 0 Å². The molecule has 148 valence electrons. The van der Waals surface area contributed by atoms with Gasteiger partial charge in [-0.3, -0.25) is 0 Å². The normalized spacial score (nSPS) is 20.0. The van der Waals surface area contributed by atoms with Crippen LogP contribution in [0.5, 0.6) is 0 Å². The molecule has 0 unspecified atom stereocenters. The Kier molecular flexibility index (Phi) is 4.89. The minimum Gasteiger partial charge on any atom is -0.382 e. The summed E-state index contributed by atoms with van der Waals surface area (Å²) < 4.78 is 0. The Labute approximate surface area is 178 Å². The second kappa shape index (κ2) is 7.55. The van der Waals surface area contributed by atoms with Crippen LogP contribution in [0.15, 0.2) is 52.6 Å². The number of nitrogens with one attached hydrogen (secondary N) is 1. The summed E-state index contributed by atoms with van der Waals surface area (Å²) in [4.78, 5) is 9.54. The summed E-state index contributed by atoms with van der Waals surface area (Å²) in [5.41, 5.74) is 8.73. The number of benzene rings is 1. The average molecular weight is 425 g/mol. The van der Waals surface area contributed by atoms with Gasteiger partial charge in [0.05, 0.1) is 17.1 Å². The summed E-state index contributed by atoms with van der Waals surface area (Å²) in [7, 11) is 0. The molecule has 1 atom stereocenters. The van der Waals surface area contributed by atoms with Gasteiger partial charge in [-0.2, -0.15) is 0 Å². The number of hydrogen-bond donors (Lipinski definition) is 2. The standard InChI is InChI=1S/C21H21ClN6S/c22-18-15(5-8-25-19(18)23)29-16-12-26-20(28-27-16)17-14-4-2-1-3-13(14)11-21(17)6-9-24-10-7-21/h1-5,8,12,17,24H,6-7,9-11H2,(H2,23,25)/t17-/m0/s1. The summed E-state index contributed by atoms with van der Waals surface area (Å²) in [6.07, 6.45) is 6.75. The highest BCUT2D eigenvalue weighted by Crippen LogP contribution is 2.54. The van der Waals surface area contributed by atoms with Crippen LogP contribution < -0.4 is 11.1 Å². The molecule has 0 radical (unpaired) electrons. The number of piperidine rings is 1. The molecule has 3 aromatic rings. The molecule has 8 heteroatoms. The maximum atomic E-state index is 6.25. The largest absolute Gasteiger partial charge is 0.382 e. The number of nitrogens with two attached hydrogens (primary N) is 1. The molecule has 3 heterocycles. The Bertz CT molecular complexity index is 1040. The van der Waals surface area contributed by atoms with E-state index in [1.165, 1.54) is 22.9 Å². The van der Waals surface area contributed by atoms with Crippen molar-refractivity contribution in [2.75, 3.05) is 18.8 Å². The van der Waals surface area contributed by atoms with E-state index in [1.54, 1.807) is 12.4 Å². The first-order valence-electron chi connectivity index (χ1n) is 9.72. The van der Waals surface area contributed by atoms with E-state index in [9.17, 15) is 0 Å². The van der Waals surface area contributed by atoms with Crippen LogP contribution in [-0.4, -0.2) is 33.3 Å². The fourth-order valence-electron chi connectivity index (χ4n) is 4.68. The molecule has 1 spiro atoms. The van der Waals surface area contributed by atoms with Crippen molar-refractivity contribution in [1.82, 2.24) is 25.5 Å². The first-order valence-corrected chi connectivity index (χ1v) is 10.9. The molecule has 3 N–H and O–H groups in total. The molecule has 0 bridgehead atoms. The Hall–Kier alpha value is -2.22. The molecule has 1 aromatic carbocycles. The van der Waals surface area contributed by atoms with Crippen molar-refractivity contribution in [3.8, 4) is 0 Å².